The normalized spacial score (nSPS) is 10.7. The summed E-state index contributed by atoms with van der Waals surface area (Å²) in [6.07, 6.45) is -0.683. The van der Waals surface area contributed by atoms with Gasteiger partial charge in [0, 0.05) is 13.0 Å². The third-order valence-electron chi connectivity index (χ3n) is 1.58. The second-order valence-corrected chi connectivity index (χ2v) is 5.40. The van der Waals surface area contributed by atoms with E-state index in [1.807, 2.05) is 14.1 Å². The van der Waals surface area contributed by atoms with Gasteiger partial charge in [0.1, 0.15) is 10.9 Å². The lowest BCUT2D eigenvalue weighted by molar-refractivity contribution is 0.0831. The lowest BCUT2D eigenvalue weighted by Crippen LogP contribution is -2.14. The summed E-state index contributed by atoms with van der Waals surface area (Å²) in [5, 5.41) is 18.8. The standard InChI is InChI=1S/C8H12N3O3S2/c1-11(2)4-3-6-9-10-7(16-6)15-5-14-8(12)13/h3-5H2,1-2H3. The Kier molecular flexibility index (Phi) is 5.50. The third-order valence-corrected chi connectivity index (χ3v) is 3.53. The van der Waals surface area contributed by atoms with Gasteiger partial charge in [-0.15, -0.1) is 10.2 Å². The average molecular weight is 262 g/mol. The van der Waals surface area contributed by atoms with Crippen LogP contribution in [0.4, 0.5) is 4.79 Å². The molecule has 0 spiro atoms. The Morgan fingerprint density at radius 1 is 1.50 bits per heavy atom. The van der Waals surface area contributed by atoms with E-state index < -0.39 is 6.16 Å². The van der Waals surface area contributed by atoms with Gasteiger partial charge in [0.15, 0.2) is 4.34 Å². The van der Waals surface area contributed by atoms with E-state index in [1.165, 1.54) is 23.1 Å². The van der Waals surface area contributed by atoms with E-state index in [9.17, 15) is 9.90 Å². The number of likely N-dealkylation sites (N-methyl/N-ethyl adjacent to an activating group) is 1. The van der Waals surface area contributed by atoms with Crippen molar-refractivity contribution in [1.29, 1.82) is 0 Å². The summed E-state index contributed by atoms with van der Waals surface area (Å²) in [7, 11) is 3.98. The first-order valence-corrected chi connectivity index (χ1v) is 6.32. The fourth-order valence-electron chi connectivity index (χ4n) is 0.845. The number of hydrogen-bond donors (Lipinski definition) is 0. The molecule has 0 atom stereocenters. The molecule has 1 aromatic rings. The number of nitrogens with zero attached hydrogens (tertiary/aromatic N) is 3. The van der Waals surface area contributed by atoms with Crippen molar-refractivity contribution < 1.29 is 14.6 Å². The summed E-state index contributed by atoms with van der Waals surface area (Å²) in [4.78, 5) is 12.1. The summed E-state index contributed by atoms with van der Waals surface area (Å²) in [5.41, 5.74) is 0. The van der Waals surface area contributed by atoms with Gasteiger partial charge >= 0.3 is 6.16 Å². The Morgan fingerprint density at radius 3 is 2.88 bits per heavy atom. The quantitative estimate of drug-likeness (QED) is 0.436. The molecule has 1 radical (unpaired) electrons. The van der Waals surface area contributed by atoms with Crippen LogP contribution in [0.5, 0.6) is 0 Å². The van der Waals surface area contributed by atoms with Gasteiger partial charge in [-0.25, -0.2) is 0 Å². The summed E-state index contributed by atoms with van der Waals surface area (Å²) in [5.74, 6) is -0.00928. The van der Waals surface area contributed by atoms with Crippen molar-refractivity contribution in [1.82, 2.24) is 15.1 Å². The Hall–Kier alpha value is -0.860. The highest BCUT2D eigenvalue weighted by atomic mass is 32.2. The minimum Gasteiger partial charge on any atom is -0.420 e. The maximum absolute atomic E-state index is 9.99. The Labute approximate surface area is 102 Å². The first-order valence-electron chi connectivity index (χ1n) is 4.51. The second-order valence-electron chi connectivity index (χ2n) is 3.17. The number of ether oxygens (including phenoxy) is 1. The molecule has 0 unspecified atom stereocenters. The summed E-state index contributed by atoms with van der Waals surface area (Å²) >= 11 is 2.64. The van der Waals surface area contributed by atoms with Crippen molar-refractivity contribution >= 4 is 29.3 Å². The highest BCUT2D eigenvalue weighted by Gasteiger charge is 2.06. The van der Waals surface area contributed by atoms with Gasteiger partial charge in [-0.3, -0.25) is 0 Å². The minimum absolute atomic E-state index is 0.00928. The first kappa shape index (κ1) is 13.2. The molecule has 6 nitrogen and oxygen atoms in total. The van der Waals surface area contributed by atoms with E-state index in [0.717, 1.165) is 18.0 Å². The minimum atomic E-state index is -1.52. The van der Waals surface area contributed by atoms with Gasteiger partial charge in [-0.2, -0.15) is 9.90 Å². The maximum atomic E-state index is 9.99. The van der Waals surface area contributed by atoms with E-state index in [4.69, 9.17) is 0 Å². The molecule has 16 heavy (non-hydrogen) atoms. The topological polar surface area (TPSA) is 75.2 Å². The van der Waals surface area contributed by atoms with Crippen molar-refractivity contribution in [3.8, 4) is 0 Å². The molecule has 0 saturated carbocycles. The molecule has 0 aliphatic heterocycles. The molecular weight excluding hydrogens is 250 g/mol. The molecule has 1 rings (SSSR count). The monoisotopic (exact) mass is 262 g/mol. The van der Waals surface area contributed by atoms with Crippen molar-refractivity contribution in [2.45, 2.75) is 10.8 Å². The lowest BCUT2D eigenvalue weighted by atomic mass is 10.4. The highest BCUT2D eigenvalue weighted by Crippen LogP contribution is 2.22. The number of rotatable bonds is 6. The van der Waals surface area contributed by atoms with E-state index in [2.05, 4.69) is 19.8 Å². The predicted octanol–water partition coefficient (Wildman–Crippen LogP) is 1.26. The molecule has 0 bridgehead atoms. The fraction of sp³-hybridized carbons (Fsp3) is 0.625. The molecule has 8 heteroatoms. The van der Waals surface area contributed by atoms with Crippen LogP contribution < -0.4 is 0 Å². The Balaban J connectivity index is 2.30. The number of carbonyl (C=O) groups excluding carboxylic acids is 1. The molecule has 1 aromatic heterocycles. The molecule has 0 amide bonds. The largest absolute Gasteiger partial charge is 0.550 e. The SMILES string of the molecule is CN(C)CCc1nnc(SCOC([O])=O)s1. The van der Waals surface area contributed by atoms with Crippen molar-refractivity contribution in [2.75, 3.05) is 26.6 Å². The molecule has 89 valence electrons. The first-order chi connectivity index (χ1) is 7.58. The third kappa shape index (κ3) is 5.29. The zero-order valence-electron chi connectivity index (χ0n) is 9.00. The molecule has 0 aromatic carbocycles. The summed E-state index contributed by atoms with van der Waals surface area (Å²) in [6.45, 7) is 0.912. The van der Waals surface area contributed by atoms with Crippen LogP contribution in [-0.4, -0.2) is 47.8 Å². The van der Waals surface area contributed by atoms with E-state index >= 15 is 0 Å². The van der Waals surface area contributed by atoms with Crippen LogP contribution in [0.15, 0.2) is 4.34 Å². The zero-order chi connectivity index (χ0) is 12.0. The molecule has 0 N–H and O–H groups in total. The number of hydrogen-bond acceptors (Lipinski definition) is 7. The number of aromatic nitrogens is 2. The molecule has 0 aliphatic carbocycles. The van der Waals surface area contributed by atoms with Crippen molar-refractivity contribution in [2.24, 2.45) is 0 Å². The van der Waals surface area contributed by atoms with Crippen LogP contribution in [0.3, 0.4) is 0 Å². The summed E-state index contributed by atoms with van der Waals surface area (Å²) in [6, 6.07) is 0. The van der Waals surface area contributed by atoms with Crippen LogP contribution in [0, 0.1) is 0 Å². The molecule has 0 aliphatic rings. The van der Waals surface area contributed by atoms with Gasteiger partial charge in [0.2, 0.25) is 0 Å². The smallest absolute Gasteiger partial charge is 0.420 e. The molecule has 0 saturated heterocycles. The van der Waals surface area contributed by atoms with Gasteiger partial charge in [0.05, 0.1) is 0 Å². The zero-order valence-corrected chi connectivity index (χ0v) is 10.6. The van der Waals surface area contributed by atoms with Gasteiger partial charge in [0.25, 0.3) is 0 Å². The van der Waals surface area contributed by atoms with Crippen LogP contribution in [-0.2, 0) is 16.3 Å². The van der Waals surface area contributed by atoms with E-state index in [1.54, 1.807) is 0 Å². The fourth-order valence-corrected chi connectivity index (χ4v) is 2.43. The van der Waals surface area contributed by atoms with E-state index in [-0.39, 0.29) is 5.94 Å². The summed E-state index contributed by atoms with van der Waals surface area (Å²) < 4.78 is 4.96. The van der Waals surface area contributed by atoms with Crippen LogP contribution in [0.2, 0.25) is 0 Å². The average Bonchev–Trinajstić information content (AvgIpc) is 2.62. The molecule has 0 fully saturated rings. The van der Waals surface area contributed by atoms with Crippen molar-refractivity contribution in [3.63, 3.8) is 0 Å². The maximum Gasteiger partial charge on any atom is 0.550 e. The van der Waals surface area contributed by atoms with Crippen LogP contribution in [0.25, 0.3) is 0 Å². The van der Waals surface area contributed by atoms with Gasteiger partial charge in [-0.05, 0) is 14.1 Å². The van der Waals surface area contributed by atoms with Gasteiger partial charge in [-0.1, -0.05) is 23.1 Å². The molecular formula is C8H12N3O3S2. The van der Waals surface area contributed by atoms with Crippen LogP contribution in [0.1, 0.15) is 5.01 Å². The number of carbonyl (C=O) groups is 1. The molecule has 1 heterocycles. The van der Waals surface area contributed by atoms with Crippen molar-refractivity contribution in [3.05, 3.63) is 5.01 Å². The van der Waals surface area contributed by atoms with Gasteiger partial charge < -0.3 is 9.64 Å². The highest BCUT2D eigenvalue weighted by molar-refractivity contribution is 8.00. The Bertz CT molecular complexity index is 343. The predicted molar refractivity (Wildman–Crippen MR) is 60.1 cm³/mol. The second kappa shape index (κ2) is 6.66. The van der Waals surface area contributed by atoms with E-state index in [0.29, 0.717) is 4.34 Å². The number of thioether (sulfide) groups is 1. The van der Waals surface area contributed by atoms with Crippen LogP contribution >= 0.6 is 23.1 Å². The lowest BCUT2D eigenvalue weighted by Gasteiger charge is -2.05. The Morgan fingerprint density at radius 2 is 2.25 bits per heavy atom.